The van der Waals surface area contributed by atoms with Crippen molar-refractivity contribution in [3.63, 3.8) is 0 Å². The molecule has 0 saturated carbocycles. The standard InChI is InChI=1S/C14H17BrN4O/c1-9(2)17-8-10-3-4-11(15)7-13(10)19-6-5-12(18-19)14(16)20/h3-7,9,17H,8H2,1-2H3,(H2,16,20). The molecule has 6 heteroatoms. The molecule has 1 amide bonds. The Kier molecular flexibility index (Phi) is 4.57. The number of benzene rings is 1. The fourth-order valence-corrected chi connectivity index (χ4v) is 2.15. The second-order valence-electron chi connectivity index (χ2n) is 4.82. The highest BCUT2D eigenvalue weighted by Gasteiger charge is 2.10. The monoisotopic (exact) mass is 336 g/mol. The number of amides is 1. The summed E-state index contributed by atoms with van der Waals surface area (Å²) in [5, 5.41) is 7.58. The van der Waals surface area contributed by atoms with E-state index in [0.717, 1.165) is 22.3 Å². The predicted octanol–water partition coefficient (Wildman–Crippen LogP) is 2.23. The molecule has 2 rings (SSSR count). The van der Waals surface area contributed by atoms with Gasteiger partial charge in [0.05, 0.1) is 5.69 Å². The molecule has 0 aliphatic rings. The second-order valence-corrected chi connectivity index (χ2v) is 5.73. The van der Waals surface area contributed by atoms with Crippen molar-refractivity contribution in [3.8, 4) is 5.69 Å². The SMILES string of the molecule is CC(C)NCc1ccc(Br)cc1-n1ccc(C(N)=O)n1. The van der Waals surface area contributed by atoms with Gasteiger partial charge in [-0.15, -0.1) is 0 Å². The number of nitrogens with one attached hydrogen (secondary N) is 1. The molecule has 1 aromatic heterocycles. The Balaban J connectivity index is 2.37. The molecular weight excluding hydrogens is 320 g/mol. The second kappa shape index (κ2) is 6.19. The van der Waals surface area contributed by atoms with E-state index in [1.54, 1.807) is 16.9 Å². The number of nitrogens with two attached hydrogens (primary N) is 1. The molecule has 0 aliphatic carbocycles. The zero-order chi connectivity index (χ0) is 14.7. The molecule has 3 N–H and O–H groups in total. The Labute approximate surface area is 126 Å². The molecule has 1 aromatic carbocycles. The van der Waals surface area contributed by atoms with E-state index >= 15 is 0 Å². The molecule has 0 fully saturated rings. The molecule has 0 bridgehead atoms. The van der Waals surface area contributed by atoms with Gasteiger partial charge in [-0.05, 0) is 23.8 Å². The maximum Gasteiger partial charge on any atom is 0.269 e. The first-order valence-corrected chi connectivity index (χ1v) is 7.14. The van der Waals surface area contributed by atoms with Crippen LogP contribution < -0.4 is 11.1 Å². The first kappa shape index (κ1) is 14.7. The molecule has 0 saturated heterocycles. The molecular formula is C14H17BrN4O. The summed E-state index contributed by atoms with van der Waals surface area (Å²) in [6.07, 6.45) is 1.74. The predicted molar refractivity (Wildman–Crippen MR) is 81.8 cm³/mol. The molecule has 0 radical (unpaired) electrons. The fourth-order valence-electron chi connectivity index (χ4n) is 1.80. The topological polar surface area (TPSA) is 72.9 Å². The maximum absolute atomic E-state index is 11.1. The van der Waals surface area contributed by atoms with Gasteiger partial charge in [0.15, 0.2) is 0 Å². The minimum Gasteiger partial charge on any atom is -0.364 e. The number of primary amides is 1. The van der Waals surface area contributed by atoms with Crippen LogP contribution in [0.4, 0.5) is 0 Å². The van der Waals surface area contributed by atoms with Crippen molar-refractivity contribution in [1.82, 2.24) is 15.1 Å². The highest BCUT2D eigenvalue weighted by Crippen LogP contribution is 2.20. The number of carbonyl (C=O) groups excluding carboxylic acids is 1. The smallest absolute Gasteiger partial charge is 0.269 e. The van der Waals surface area contributed by atoms with E-state index in [4.69, 9.17) is 5.73 Å². The van der Waals surface area contributed by atoms with Gasteiger partial charge in [0.2, 0.25) is 0 Å². The van der Waals surface area contributed by atoms with Gasteiger partial charge >= 0.3 is 0 Å². The molecule has 1 heterocycles. The first-order chi connectivity index (χ1) is 9.47. The van der Waals surface area contributed by atoms with E-state index in [9.17, 15) is 4.79 Å². The largest absolute Gasteiger partial charge is 0.364 e. The zero-order valence-corrected chi connectivity index (χ0v) is 13.0. The lowest BCUT2D eigenvalue weighted by molar-refractivity contribution is 0.0995. The number of hydrogen-bond acceptors (Lipinski definition) is 3. The first-order valence-electron chi connectivity index (χ1n) is 6.35. The third-order valence-corrected chi connectivity index (χ3v) is 3.33. The van der Waals surface area contributed by atoms with E-state index < -0.39 is 5.91 Å². The summed E-state index contributed by atoms with van der Waals surface area (Å²) in [4.78, 5) is 11.1. The van der Waals surface area contributed by atoms with Crippen molar-refractivity contribution in [3.05, 3.63) is 46.2 Å². The lowest BCUT2D eigenvalue weighted by atomic mass is 10.1. The number of rotatable bonds is 5. The zero-order valence-electron chi connectivity index (χ0n) is 11.4. The van der Waals surface area contributed by atoms with Crippen LogP contribution in [-0.2, 0) is 6.54 Å². The molecule has 0 spiro atoms. The Bertz CT molecular complexity index is 621. The summed E-state index contributed by atoms with van der Waals surface area (Å²) in [6, 6.07) is 7.99. The van der Waals surface area contributed by atoms with Gasteiger partial charge in [-0.2, -0.15) is 5.10 Å². The summed E-state index contributed by atoms with van der Waals surface area (Å²) < 4.78 is 2.62. The molecule has 5 nitrogen and oxygen atoms in total. The van der Waals surface area contributed by atoms with E-state index in [1.165, 1.54) is 0 Å². The van der Waals surface area contributed by atoms with Crippen molar-refractivity contribution in [2.45, 2.75) is 26.4 Å². The van der Waals surface area contributed by atoms with Gasteiger partial charge in [-0.3, -0.25) is 4.79 Å². The Hall–Kier alpha value is -1.66. The van der Waals surface area contributed by atoms with Crippen LogP contribution in [0.5, 0.6) is 0 Å². The van der Waals surface area contributed by atoms with Crippen molar-refractivity contribution < 1.29 is 4.79 Å². The third kappa shape index (κ3) is 3.46. The Morgan fingerprint density at radius 3 is 2.80 bits per heavy atom. The minimum absolute atomic E-state index is 0.257. The van der Waals surface area contributed by atoms with Crippen LogP contribution in [0.1, 0.15) is 29.9 Å². The number of aromatic nitrogens is 2. The van der Waals surface area contributed by atoms with Crippen LogP contribution in [0, 0.1) is 0 Å². The van der Waals surface area contributed by atoms with Gasteiger partial charge in [0, 0.05) is 23.3 Å². The molecule has 20 heavy (non-hydrogen) atoms. The molecule has 2 aromatic rings. The molecule has 0 unspecified atom stereocenters. The number of halogens is 1. The van der Waals surface area contributed by atoms with Crippen LogP contribution >= 0.6 is 15.9 Å². The summed E-state index contributed by atoms with van der Waals surface area (Å²) >= 11 is 3.46. The Morgan fingerprint density at radius 2 is 2.20 bits per heavy atom. The van der Waals surface area contributed by atoms with Crippen molar-refractivity contribution in [2.24, 2.45) is 5.73 Å². The number of carbonyl (C=O) groups is 1. The lowest BCUT2D eigenvalue weighted by Gasteiger charge is -2.13. The van der Waals surface area contributed by atoms with Crippen LogP contribution in [0.2, 0.25) is 0 Å². The van der Waals surface area contributed by atoms with Crippen LogP contribution in [0.25, 0.3) is 5.69 Å². The Morgan fingerprint density at radius 1 is 1.45 bits per heavy atom. The van der Waals surface area contributed by atoms with E-state index in [-0.39, 0.29) is 5.69 Å². The van der Waals surface area contributed by atoms with Crippen molar-refractivity contribution >= 4 is 21.8 Å². The average Bonchev–Trinajstić information content (AvgIpc) is 2.86. The van der Waals surface area contributed by atoms with Gasteiger partial charge in [0.1, 0.15) is 5.69 Å². The summed E-state index contributed by atoms with van der Waals surface area (Å²) in [7, 11) is 0. The van der Waals surface area contributed by atoms with Crippen LogP contribution in [0.3, 0.4) is 0 Å². The summed E-state index contributed by atoms with van der Waals surface area (Å²) in [5.74, 6) is -0.527. The molecule has 106 valence electrons. The van der Waals surface area contributed by atoms with Crippen molar-refractivity contribution in [1.29, 1.82) is 0 Å². The third-order valence-electron chi connectivity index (χ3n) is 2.84. The summed E-state index contributed by atoms with van der Waals surface area (Å²) in [6.45, 7) is 4.92. The average molecular weight is 337 g/mol. The van der Waals surface area contributed by atoms with E-state index in [2.05, 4.69) is 40.2 Å². The summed E-state index contributed by atoms with van der Waals surface area (Å²) in [5.41, 5.74) is 7.51. The normalized spacial score (nSPS) is 11.0. The van der Waals surface area contributed by atoms with Crippen LogP contribution in [-0.4, -0.2) is 21.7 Å². The van der Waals surface area contributed by atoms with Crippen molar-refractivity contribution in [2.75, 3.05) is 0 Å². The van der Waals surface area contributed by atoms with Crippen LogP contribution in [0.15, 0.2) is 34.9 Å². The van der Waals surface area contributed by atoms with Gasteiger partial charge in [-0.25, -0.2) is 4.68 Å². The molecule has 0 aliphatic heterocycles. The highest BCUT2D eigenvalue weighted by molar-refractivity contribution is 9.10. The fraction of sp³-hybridized carbons (Fsp3) is 0.286. The quantitative estimate of drug-likeness (QED) is 0.879. The van der Waals surface area contributed by atoms with E-state index in [1.807, 2.05) is 18.2 Å². The minimum atomic E-state index is -0.527. The van der Waals surface area contributed by atoms with Gasteiger partial charge in [0.25, 0.3) is 5.91 Å². The van der Waals surface area contributed by atoms with Gasteiger partial charge in [-0.1, -0.05) is 35.8 Å². The number of hydrogen-bond donors (Lipinski definition) is 2. The number of nitrogens with zero attached hydrogens (tertiary/aromatic N) is 2. The van der Waals surface area contributed by atoms with Gasteiger partial charge < -0.3 is 11.1 Å². The lowest BCUT2D eigenvalue weighted by Crippen LogP contribution is -2.22. The highest BCUT2D eigenvalue weighted by atomic mass is 79.9. The molecule has 0 atom stereocenters. The maximum atomic E-state index is 11.1. The van der Waals surface area contributed by atoms with E-state index in [0.29, 0.717) is 6.04 Å².